The van der Waals surface area contributed by atoms with E-state index in [9.17, 15) is 9.59 Å². The van der Waals surface area contributed by atoms with Crippen LogP contribution in [0.25, 0.3) is 0 Å². The van der Waals surface area contributed by atoms with E-state index in [2.05, 4.69) is 0 Å². The van der Waals surface area contributed by atoms with Crippen molar-refractivity contribution in [2.75, 3.05) is 20.1 Å². The highest BCUT2D eigenvalue weighted by molar-refractivity contribution is 5.83. The number of benzene rings is 1. The molecule has 1 saturated heterocycles. The fourth-order valence-electron chi connectivity index (χ4n) is 3.77. The van der Waals surface area contributed by atoms with E-state index in [1.54, 1.807) is 9.80 Å². The molecule has 6 nitrogen and oxygen atoms in total. The topological polar surface area (TPSA) is 59.1 Å². The van der Waals surface area contributed by atoms with Gasteiger partial charge in [0.05, 0.1) is 0 Å². The predicted octanol–water partition coefficient (Wildman–Crippen LogP) is 3.41. The minimum Gasteiger partial charge on any atom is -0.480 e. The minimum atomic E-state index is -0.494. The van der Waals surface area contributed by atoms with Crippen molar-refractivity contribution in [1.82, 2.24) is 9.80 Å². The second-order valence-corrected chi connectivity index (χ2v) is 8.51. The van der Waals surface area contributed by atoms with Gasteiger partial charge in [0.1, 0.15) is 11.4 Å². The average Bonchev–Trinajstić information content (AvgIpc) is 2.96. The van der Waals surface area contributed by atoms with Crippen LogP contribution < -0.4 is 4.74 Å². The van der Waals surface area contributed by atoms with Crippen molar-refractivity contribution in [1.29, 1.82) is 0 Å². The summed E-state index contributed by atoms with van der Waals surface area (Å²) in [5, 5.41) is 0. The van der Waals surface area contributed by atoms with Crippen LogP contribution in [0.3, 0.4) is 0 Å². The summed E-state index contributed by atoms with van der Waals surface area (Å²) in [5.74, 6) is 0.851. The SMILES string of the molecule is C[C@@H]1c2ccccc2O[C@@H]1C(=O)N(C)C1CCN(C(=O)OC(C)(C)C)CC1. The summed E-state index contributed by atoms with van der Waals surface area (Å²) in [6, 6.07) is 7.94. The fraction of sp³-hybridized carbons (Fsp3) is 0.619. The van der Waals surface area contributed by atoms with Crippen molar-refractivity contribution in [2.24, 2.45) is 0 Å². The monoisotopic (exact) mass is 374 g/mol. The van der Waals surface area contributed by atoms with E-state index >= 15 is 0 Å². The first-order valence-electron chi connectivity index (χ1n) is 9.67. The maximum atomic E-state index is 13.0. The molecule has 2 heterocycles. The number of amides is 2. The number of fused-ring (bicyclic) bond motifs is 1. The van der Waals surface area contributed by atoms with Gasteiger partial charge >= 0.3 is 6.09 Å². The van der Waals surface area contributed by atoms with Crippen LogP contribution in [0.1, 0.15) is 52.0 Å². The van der Waals surface area contributed by atoms with Crippen LogP contribution in [0.2, 0.25) is 0 Å². The van der Waals surface area contributed by atoms with Crippen LogP contribution in [0.5, 0.6) is 5.75 Å². The second-order valence-electron chi connectivity index (χ2n) is 8.51. The van der Waals surface area contributed by atoms with Gasteiger partial charge in [0.2, 0.25) is 0 Å². The Hall–Kier alpha value is -2.24. The number of para-hydroxylation sites is 1. The van der Waals surface area contributed by atoms with Crippen molar-refractivity contribution >= 4 is 12.0 Å². The second kappa shape index (κ2) is 7.41. The van der Waals surface area contributed by atoms with Crippen LogP contribution in [0.4, 0.5) is 4.79 Å². The Balaban J connectivity index is 1.56. The molecule has 0 spiro atoms. The molecular weight excluding hydrogens is 344 g/mol. The highest BCUT2D eigenvalue weighted by Crippen LogP contribution is 2.38. The molecule has 0 unspecified atom stereocenters. The molecule has 2 atom stereocenters. The zero-order valence-electron chi connectivity index (χ0n) is 16.9. The number of carbonyl (C=O) groups is 2. The maximum Gasteiger partial charge on any atom is 0.410 e. The standard InChI is InChI=1S/C21H30N2O4/c1-14-16-8-6-7-9-17(16)26-18(14)19(24)22(5)15-10-12-23(13-11-15)20(25)27-21(2,3)4/h6-9,14-15,18H,10-13H2,1-5H3/t14-,18+/m1/s1. The Bertz CT molecular complexity index is 704. The summed E-state index contributed by atoms with van der Waals surface area (Å²) >= 11 is 0. The summed E-state index contributed by atoms with van der Waals surface area (Å²) in [6.45, 7) is 8.82. The van der Waals surface area contributed by atoms with Crippen molar-refractivity contribution in [3.8, 4) is 5.75 Å². The first-order chi connectivity index (χ1) is 12.7. The van der Waals surface area contributed by atoms with Gasteiger partial charge in [-0.3, -0.25) is 4.79 Å². The van der Waals surface area contributed by atoms with Crippen molar-refractivity contribution < 1.29 is 19.1 Å². The number of ether oxygens (including phenoxy) is 2. The number of hydrogen-bond acceptors (Lipinski definition) is 4. The smallest absolute Gasteiger partial charge is 0.410 e. The van der Waals surface area contributed by atoms with Gasteiger partial charge in [0.15, 0.2) is 6.10 Å². The number of likely N-dealkylation sites (N-methyl/N-ethyl adjacent to an activating group) is 1. The van der Waals surface area contributed by atoms with E-state index in [0.29, 0.717) is 13.1 Å². The van der Waals surface area contributed by atoms with Crippen molar-refractivity contribution in [2.45, 2.75) is 64.2 Å². The summed E-state index contributed by atoms with van der Waals surface area (Å²) < 4.78 is 11.4. The quantitative estimate of drug-likeness (QED) is 0.796. The van der Waals surface area contributed by atoms with Gasteiger partial charge < -0.3 is 19.3 Å². The van der Waals surface area contributed by atoms with E-state index < -0.39 is 11.7 Å². The Morgan fingerprint density at radius 2 is 1.81 bits per heavy atom. The lowest BCUT2D eigenvalue weighted by atomic mass is 9.95. The molecule has 0 radical (unpaired) electrons. The van der Waals surface area contributed by atoms with E-state index in [1.807, 2.05) is 59.0 Å². The van der Waals surface area contributed by atoms with Gasteiger partial charge in [-0.25, -0.2) is 4.79 Å². The zero-order chi connectivity index (χ0) is 19.8. The molecule has 2 aliphatic heterocycles. The fourth-order valence-corrected chi connectivity index (χ4v) is 3.77. The average molecular weight is 374 g/mol. The van der Waals surface area contributed by atoms with Crippen LogP contribution in [-0.4, -0.2) is 59.7 Å². The molecule has 148 valence electrons. The van der Waals surface area contributed by atoms with Gasteiger partial charge in [0.25, 0.3) is 5.91 Å². The molecule has 1 aromatic carbocycles. The first kappa shape index (κ1) is 19.5. The van der Waals surface area contributed by atoms with E-state index in [-0.39, 0.29) is 24.0 Å². The van der Waals surface area contributed by atoms with Gasteiger partial charge in [0, 0.05) is 37.7 Å². The molecule has 3 rings (SSSR count). The van der Waals surface area contributed by atoms with Crippen LogP contribution >= 0.6 is 0 Å². The van der Waals surface area contributed by atoms with Gasteiger partial charge in [-0.2, -0.15) is 0 Å². The van der Waals surface area contributed by atoms with Crippen LogP contribution in [-0.2, 0) is 9.53 Å². The Labute approximate surface area is 161 Å². The van der Waals surface area contributed by atoms with Gasteiger partial charge in [-0.05, 0) is 39.7 Å². The molecule has 1 fully saturated rings. The van der Waals surface area contributed by atoms with Crippen molar-refractivity contribution in [3.05, 3.63) is 29.8 Å². The molecule has 0 saturated carbocycles. The summed E-state index contributed by atoms with van der Waals surface area (Å²) in [4.78, 5) is 28.8. The Morgan fingerprint density at radius 3 is 2.41 bits per heavy atom. The summed E-state index contributed by atoms with van der Waals surface area (Å²) in [5.41, 5.74) is 0.593. The van der Waals surface area contributed by atoms with Gasteiger partial charge in [-0.15, -0.1) is 0 Å². The van der Waals surface area contributed by atoms with Gasteiger partial charge in [-0.1, -0.05) is 25.1 Å². The molecule has 0 aliphatic carbocycles. The third-order valence-corrected chi connectivity index (χ3v) is 5.37. The van der Waals surface area contributed by atoms with Crippen LogP contribution in [0, 0.1) is 0 Å². The highest BCUT2D eigenvalue weighted by Gasteiger charge is 2.40. The molecule has 2 aliphatic rings. The first-order valence-corrected chi connectivity index (χ1v) is 9.67. The molecule has 1 aromatic rings. The summed E-state index contributed by atoms with van der Waals surface area (Å²) in [7, 11) is 1.84. The molecule has 0 bridgehead atoms. The lowest BCUT2D eigenvalue weighted by molar-refractivity contribution is -0.140. The molecule has 0 aromatic heterocycles. The Morgan fingerprint density at radius 1 is 1.19 bits per heavy atom. The predicted molar refractivity (Wildman–Crippen MR) is 103 cm³/mol. The largest absolute Gasteiger partial charge is 0.480 e. The number of hydrogen-bond donors (Lipinski definition) is 0. The normalized spacial score (nSPS) is 22.8. The Kier molecular flexibility index (Phi) is 5.36. The minimum absolute atomic E-state index is 0.00872. The lowest BCUT2D eigenvalue weighted by Crippen LogP contribution is -2.51. The maximum absolute atomic E-state index is 13.0. The van der Waals surface area contributed by atoms with E-state index in [4.69, 9.17) is 9.47 Å². The number of rotatable bonds is 2. The molecule has 2 amide bonds. The number of likely N-dealkylation sites (tertiary alicyclic amines) is 1. The third-order valence-electron chi connectivity index (χ3n) is 5.37. The number of piperidine rings is 1. The zero-order valence-corrected chi connectivity index (χ0v) is 16.9. The summed E-state index contributed by atoms with van der Waals surface area (Å²) in [6.07, 6.45) is 0.736. The molecular formula is C21H30N2O4. The van der Waals surface area contributed by atoms with E-state index in [1.165, 1.54) is 0 Å². The molecule has 6 heteroatoms. The number of carbonyl (C=O) groups excluding carboxylic acids is 2. The lowest BCUT2D eigenvalue weighted by Gasteiger charge is -2.38. The highest BCUT2D eigenvalue weighted by atomic mass is 16.6. The number of nitrogens with zero attached hydrogens (tertiary/aromatic N) is 2. The third kappa shape index (κ3) is 4.20. The molecule has 27 heavy (non-hydrogen) atoms. The van der Waals surface area contributed by atoms with E-state index in [0.717, 1.165) is 24.2 Å². The molecule has 0 N–H and O–H groups in total. The van der Waals surface area contributed by atoms with Crippen molar-refractivity contribution in [3.63, 3.8) is 0 Å². The van der Waals surface area contributed by atoms with Crippen LogP contribution in [0.15, 0.2) is 24.3 Å².